The van der Waals surface area contributed by atoms with Crippen molar-refractivity contribution in [1.29, 1.82) is 0 Å². The zero-order chi connectivity index (χ0) is 23.9. The van der Waals surface area contributed by atoms with Crippen LogP contribution in [0.4, 0.5) is 10.1 Å². The molecule has 4 aromatic rings. The Morgan fingerprint density at radius 3 is 2.53 bits per heavy atom. The monoisotopic (exact) mass is 479 g/mol. The second kappa shape index (κ2) is 10.8. The molecule has 0 aliphatic carbocycles. The third-order valence-corrected chi connectivity index (χ3v) is 5.85. The zero-order valence-electron chi connectivity index (χ0n) is 18.3. The molecule has 0 fully saturated rings. The number of likely N-dealkylation sites (N-methyl/N-ethyl adjacent to an activating group) is 1. The molecule has 0 spiro atoms. The van der Waals surface area contributed by atoms with Gasteiger partial charge < -0.3 is 14.6 Å². The smallest absolute Gasteiger partial charge is 0.243 e. The number of aromatic nitrogens is 3. The van der Waals surface area contributed by atoms with Crippen molar-refractivity contribution in [1.82, 2.24) is 19.7 Å². The lowest BCUT2D eigenvalue weighted by atomic mass is 10.2. The van der Waals surface area contributed by atoms with Gasteiger partial charge in [-0.2, -0.15) is 0 Å². The van der Waals surface area contributed by atoms with Crippen molar-refractivity contribution in [2.75, 3.05) is 24.7 Å². The van der Waals surface area contributed by atoms with Crippen molar-refractivity contribution in [3.63, 3.8) is 0 Å². The number of furan rings is 1. The molecule has 2 heterocycles. The lowest BCUT2D eigenvalue weighted by Crippen LogP contribution is -2.36. The van der Waals surface area contributed by atoms with Gasteiger partial charge in [0.25, 0.3) is 0 Å². The summed E-state index contributed by atoms with van der Waals surface area (Å²) in [7, 11) is 1.55. The molecular weight excluding hydrogens is 457 g/mol. The van der Waals surface area contributed by atoms with Crippen LogP contribution in [0.2, 0.25) is 0 Å². The molecule has 2 aromatic heterocycles. The summed E-state index contributed by atoms with van der Waals surface area (Å²) in [4.78, 5) is 26.2. The highest BCUT2D eigenvalue weighted by molar-refractivity contribution is 7.99. The van der Waals surface area contributed by atoms with Crippen molar-refractivity contribution >= 4 is 29.3 Å². The molecule has 0 unspecified atom stereocenters. The second-order valence-electron chi connectivity index (χ2n) is 7.45. The van der Waals surface area contributed by atoms with E-state index in [1.54, 1.807) is 25.4 Å². The van der Waals surface area contributed by atoms with Gasteiger partial charge >= 0.3 is 0 Å². The van der Waals surface area contributed by atoms with Gasteiger partial charge in [-0.15, -0.1) is 10.2 Å². The number of carbonyl (C=O) groups is 2. The topological polar surface area (TPSA) is 93.3 Å². The summed E-state index contributed by atoms with van der Waals surface area (Å²) in [6.07, 6.45) is 1.57. The summed E-state index contributed by atoms with van der Waals surface area (Å²) in [5.74, 6) is 0.211. The quantitative estimate of drug-likeness (QED) is 0.366. The molecule has 10 heteroatoms. The minimum Gasteiger partial charge on any atom is -0.461 e. The maximum Gasteiger partial charge on any atom is 0.243 e. The van der Waals surface area contributed by atoms with Gasteiger partial charge in [-0.3, -0.25) is 14.2 Å². The molecule has 4 rings (SSSR count). The summed E-state index contributed by atoms with van der Waals surface area (Å²) in [6, 6.07) is 18.9. The number of hydrogen-bond donors (Lipinski definition) is 1. The number of carbonyl (C=O) groups excluding carboxylic acids is 2. The lowest BCUT2D eigenvalue weighted by Gasteiger charge is -2.17. The van der Waals surface area contributed by atoms with Crippen LogP contribution in [0.1, 0.15) is 5.56 Å². The second-order valence-corrected chi connectivity index (χ2v) is 8.39. The number of anilines is 1. The number of nitrogens with one attached hydrogen (secondary N) is 1. The van der Waals surface area contributed by atoms with E-state index in [0.717, 1.165) is 5.56 Å². The van der Waals surface area contributed by atoms with E-state index in [9.17, 15) is 14.0 Å². The van der Waals surface area contributed by atoms with Crippen LogP contribution in [0, 0.1) is 5.82 Å². The Balaban J connectivity index is 1.39. The first-order valence-corrected chi connectivity index (χ1v) is 11.4. The summed E-state index contributed by atoms with van der Waals surface area (Å²) in [5.41, 5.74) is 1.51. The number of halogens is 1. The van der Waals surface area contributed by atoms with Crippen LogP contribution in [-0.2, 0) is 16.1 Å². The van der Waals surface area contributed by atoms with Crippen LogP contribution in [0.25, 0.3) is 11.6 Å². The number of rotatable bonds is 9. The van der Waals surface area contributed by atoms with Crippen LogP contribution in [-0.4, -0.2) is 50.8 Å². The third-order valence-electron chi connectivity index (χ3n) is 4.90. The van der Waals surface area contributed by atoms with Gasteiger partial charge in [-0.05, 0) is 42.0 Å². The standard InChI is InChI=1S/C24H22FN5O3S/c1-29(15-21(31)26-19-11-9-18(25)10-12-19)22(32)16-34-24-28-27-23(20-8-5-13-33-20)30(24)14-17-6-3-2-4-7-17/h2-13H,14-16H2,1H3,(H,26,31). The summed E-state index contributed by atoms with van der Waals surface area (Å²) in [6.45, 7) is 0.376. The normalized spacial score (nSPS) is 10.8. The van der Waals surface area contributed by atoms with Crippen LogP contribution in [0.15, 0.2) is 82.6 Å². The van der Waals surface area contributed by atoms with Crippen molar-refractivity contribution in [3.05, 3.63) is 84.4 Å². The minimum atomic E-state index is -0.391. The molecule has 0 aliphatic rings. The van der Waals surface area contributed by atoms with Crippen LogP contribution in [0.5, 0.6) is 0 Å². The van der Waals surface area contributed by atoms with Gasteiger partial charge in [0.15, 0.2) is 10.9 Å². The van der Waals surface area contributed by atoms with E-state index >= 15 is 0 Å². The molecule has 0 aliphatic heterocycles. The fraction of sp³-hybridized carbons (Fsp3) is 0.167. The average Bonchev–Trinajstić information content (AvgIpc) is 3.50. The Hall–Kier alpha value is -3.92. The minimum absolute atomic E-state index is 0.0748. The molecule has 2 amide bonds. The van der Waals surface area contributed by atoms with E-state index in [2.05, 4.69) is 15.5 Å². The fourth-order valence-corrected chi connectivity index (χ4v) is 4.04. The molecule has 0 saturated carbocycles. The van der Waals surface area contributed by atoms with Crippen LogP contribution >= 0.6 is 11.8 Å². The molecule has 8 nitrogen and oxygen atoms in total. The molecular formula is C24H22FN5O3S. The van der Waals surface area contributed by atoms with E-state index in [1.165, 1.54) is 40.9 Å². The maximum atomic E-state index is 13.0. The average molecular weight is 480 g/mol. The Bertz CT molecular complexity index is 1240. The molecule has 174 valence electrons. The number of nitrogens with zero attached hydrogens (tertiary/aromatic N) is 4. The van der Waals surface area contributed by atoms with Crippen molar-refractivity contribution in [3.8, 4) is 11.6 Å². The first-order chi connectivity index (χ1) is 16.5. The van der Waals surface area contributed by atoms with E-state index in [4.69, 9.17) is 4.42 Å². The number of hydrogen-bond acceptors (Lipinski definition) is 6. The molecule has 0 bridgehead atoms. The molecule has 2 aromatic carbocycles. The summed E-state index contributed by atoms with van der Waals surface area (Å²) < 4.78 is 20.4. The molecule has 0 atom stereocenters. The SMILES string of the molecule is CN(CC(=O)Nc1ccc(F)cc1)C(=O)CSc1nnc(-c2ccco2)n1Cc1ccccc1. The lowest BCUT2D eigenvalue weighted by molar-refractivity contribution is -0.131. The predicted octanol–water partition coefficient (Wildman–Crippen LogP) is 3.91. The third kappa shape index (κ3) is 5.90. The van der Waals surface area contributed by atoms with Gasteiger partial charge in [0.2, 0.25) is 17.6 Å². The molecule has 1 N–H and O–H groups in total. The summed E-state index contributed by atoms with van der Waals surface area (Å²) in [5, 5.41) is 11.7. The summed E-state index contributed by atoms with van der Waals surface area (Å²) >= 11 is 1.24. The zero-order valence-corrected chi connectivity index (χ0v) is 19.2. The largest absolute Gasteiger partial charge is 0.461 e. The van der Waals surface area contributed by atoms with Gasteiger partial charge in [-0.1, -0.05) is 42.1 Å². The Labute approximate surface area is 199 Å². The Morgan fingerprint density at radius 1 is 1.06 bits per heavy atom. The highest BCUT2D eigenvalue weighted by Crippen LogP contribution is 2.25. The first-order valence-electron chi connectivity index (χ1n) is 10.4. The van der Waals surface area contributed by atoms with Gasteiger partial charge in [0.05, 0.1) is 25.1 Å². The van der Waals surface area contributed by atoms with Crippen LogP contribution < -0.4 is 5.32 Å². The fourth-order valence-electron chi connectivity index (χ4n) is 3.17. The predicted molar refractivity (Wildman–Crippen MR) is 127 cm³/mol. The van der Waals surface area contributed by atoms with Gasteiger partial charge in [0, 0.05) is 12.7 Å². The van der Waals surface area contributed by atoms with E-state index in [1.807, 2.05) is 34.9 Å². The van der Waals surface area contributed by atoms with Gasteiger partial charge in [0.1, 0.15) is 5.82 Å². The Morgan fingerprint density at radius 2 is 1.82 bits per heavy atom. The molecule has 34 heavy (non-hydrogen) atoms. The molecule has 0 radical (unpaired) electrons. The van der Waals surface area contributed by atoms with Crippen LogP contribution in [0.3, 0.4) is 0 Å². The van der Waals surface area contributed by atoms with Crippen molar-refractivity contribution in [2.45, 2.75) is 11.7 Å². The van der Waals surface area contributed by atoms with Crippen molar-refractivity contribution in [2.24, 2.45) is 0 Å². The van der Waals surface area contributed by atoms with Crippen molar-refractivity contribution < 1.29 is 18.4 Å². The number of benzene rings is 2. The maximum absolute atomic E-state index is 13.0. The highest BCUT2D eigenvalue weighted by Gasteiger charge is 2.19. The Kier molecular flexibility index (Phi) is 7.38. The van der Waals surface area contributed by atoms with E-state index in [0.29, 0.717) is 29.0 Å². The number of amides is 2. The highest BCUT2D eigenvalue weighted by atomic mass is 32.2. The molecule has 0 saturated heterocycles. The van der Waals surface area contributed by atoms with Gasteiger partial charge in [-0.25, -0.2) is 4.39 Å². The first kappa shape index (κ1) is 23.2. The number of thioether (sulfide) groups is 1. The van der Waals surface area contributed by atoms with E-state index in [-0.39, 0.29) is 24.1 Å². The van der Waals surface area contributed by atoms with E-state index < -0.39 is 5.82 Å².